The standard InChI is InChI=1S/C16H26N2O/c1-6-13-11-14(7-8-15(13)19-5)16(2)12-17(3)9-10-18(16)4/h7-8,11H,6,9-10,12H2,1-5H3. The molecule has 0 N–H and O–H groups in total. The highest BCUT2D eigenvalue weighted by Gasteiger charge is 2.36. The van der Waals surface area contributed by atoms with Gasteiger partial charge in [0.25, 0.3) is 0 Å². The van der Waals surface area contributed by atoms with E-state index in [1.165, 1.54) is 11.1 Å². The summed E-state index contributed by atoms with van der Waals surface area (Å²) in [4.78, 5) is 4.88. The van der Waals surface area contributed by atoms with E-state index in [-0.39, 0.29) is 5.54 Å². The average Bonchev–Trinajstić information content (AvgIpc) is 2.42. The molecule has 0 amide bonds. The highest BCUT2D eigenvalue weighted by molar-refractivity contribution is 5.40. The van der Waals surface area contributed by atoms with Crippen molar-refractivity contribution in [3.05, 3.63) is 29.3 Å². The van der Waals surface area contributed by atoms with Crippen molar-refractivity contribution in [2.45, 2.75) is 25.8 Å². The third-order valence-electron chi connectivity index (χ3n) is 4.52. The van der Waals surface area contributed by atoms with Gasteiger partial charge in [-0.3, -0.25) is 4.90 Å². The molecule has 1 unspecified atom stereocenters. The van der Waals surface area contributed by atoms with Gasteiger partial charge in [0, 0.05) is 19.6 Å². The summed E-state index contributed by atoms with van der Waals surface area (Å²) in [5, 5.41) is 0. The van der Waals surface area contributed by atoms with Crippen LogP contribution in [-0.2, 0) is 12.0 Å². The maximum Gasteiger partial charge on any atom is 0.122 e. The van der Waals surface area contributed by atoms with Crippen molar-refractivity contribution < 1.29 is 4.74 Å². The highest BCUT2D eigenvalue weighted by Crippen LogP contribution is 2.33. The summed E-state index contributed by atoms with van der Waals surface area (Å²) in [6.07, 6.45) is 1.01. The predicted molar refractivity (Wildman–Crippen MR) is 79.9 cm³/mol. The van der Waals surface area contributed by atoms with Crippen LogP contribution < -0.4 is 4.74 Å². The molecule has 0 aromatic heterocycles. The zero-order chi connectivity index (χ0) is 14.0. The molecule has 1 atom stereocenters. The number of nitrogens with zero attached hydrogens (tertiary/aromatic N) is 2. The maximum absolute atomic E-state index is 5.44. The molecule has 1 heterocycles. The second-order valence-corrected chi connectivity index (χ2v) is 5.81. The van der Waals surface area contributed by atoms with Gasteiger partial charge in [-0.2, -0.15) is 0 Å². The van der Waals surface area contributed by atoms with Crippen LogP contribution in [0.1, 0.15) is 25.0 Å². The molecule has 1 fully saturated rings. The molecule has 19 heavy (non-hydrogen) atoms. The number of hydrogen-bond acceptors (Lipinski definition) is 3. The van der Waals surface area contributed by atoms with Crippen molar-refractivity contribution >= 4 is 0 Å². The van der Waals surface area contributed by atoms with Crippen LogP contribution in [0.4, 0.5) is 0 Å². The zero-order valence-electron chi connectivity index (χ0n) is 12.9. The number of hydrogen-bond donors (Lipinski definition) is 0. The Balaban J connectivity index is 2.39. The minimum absolute atomic E-state index is 0.0865. The van der Waals surface area contributed by atoms with Gasteiger partial charge in [-0.15, -0.1) is 0 Å². The molecule has 0 aliphatic carbocycles. The molecule has 2 rings (SSSR count). The molecule has 0 saturated carbocycles. The lowest BCUT2D eigenvalue weighted by molar-refractivity contribution is 0.0379. The quantitative estimate of drug-likeness (QED) is 0.831. The lowest BCUT2D eigenvalue weighted by atomic mass is 9.86. The normalized spacial score (nSPS) is 25.5. The number of aryl methyl sites for hydroxylation is 1. The fourth-order valence-electron chi connectivity index (χ4n) is 2.99. The van der Waals surface area contributed by atoms with Gasteiger partial charge in [0.05, 0.1) is 12.6 Å². The van der Waals surface area contributed by atoms with Crippen molar-refractivity contribution in [3.63, 3.8) is 0 Å². The first-order chi connectivity index (χ1) is 9.01. The fraction of sp³-hybridized carbons (Fsp3) is 0.625. The summed E-state index contributed by atoms with van der Waals surface area (Å²) >= 11 is 0. The van der Waals surface area contributed by atoms with E-state index in [4.69, 9.17) is 4.74 Å². The minimum Gasteiger partial charge on any atom is -0.496 e. The van der Waals surface area contributed by atoms with Crippen LogP contribution in [0.2, 0.25) is 0 Å². The summed E-state index contributed by atoms with van der Waals surface area (Å²) in [6, 6.07) is 6.64. The lowest BCUT2D eigenvalue weighted by Crippen LogP contribution is -2.56. The van der Waals surface area contributed by atoms with Crippen LogP contribution >= 0.6 is 0 Å². The molecule has 1 saturated heterocycles. The van der Waals surface area contributed by atoms with Gasteiger partial charge >= 0.3 is 0 Å². The highest BCUT2D eigenvalue weighted by atomic mass is 16.5. The topological polar surface area (TPSA) is 15.7 Å². The summed E-state index contributed by atoms with van der Waals surface area (Å²) in [5.74, 6) is 1.00. The third kappa shape index (κ3) is 2.63. The molecule has 3 heteroatoms. The monoisotopic (exact) mass is 262 g/mol. The van der Waals surface area contributed by atoms with Crippen LogP contribution in [-0.4, -0.2) is 50.6 Å². The van der Waals surface area contributed by atoms with E-state index in [0.29, 0.717) is 0 Å². The molecule has 3 nitrogen and oxygen atoms in total. The number of benzene rings is 1. The van der Waals surface area contributed by atoms with E-state index < -0.39 is 0 Å². The summed E-state index contributed by atoms with van der Waals surface area (Å²) < 4.78 is 5.44. The van der Waals surface area contributed by atoms with E-state index in [2.05, 4.69) is 55.9 Å². The van der Waals surface area contributed by atoms with Gasteiger partial charge in [-0.1, -0.05) is 19.1 Å². The third-order valence-corrected chi connectivity index (χ3v) is 4.52. The number of piperazine rings is 1. The minimum atomic E-state index is 0.0865. The van der Waals surface area contributed by atoms with Crippen LogP contribution in [0.25, 0.3) is 0 Å². The predicted octanol–water partition coefficient (Wildman–Crippen LogP) is 2.35. The first kappa shape index (κ1) is 14.4. The molecular formula is C16H26N2O. The Morgan fingerprint density at radius 1 is 1.26 bits per heavy atom. The van der Waals surface area contributed by atoms with Crippen molar-refractivity contribution in [1.29, 1.82) is 0 Å². The number of ether oxygens (including phenoxy) is 1. The first-order valence-corrected chi connectivity index (χ1v) is 7.08. The van der Waals surface area contributed by atoms with Gasteiger partial charge < -0.3 is 9.64 Å². The number of methoxy groups -OCH3 is 1. The zero-order valence-corrected chi connectivity index (χ0v) is 12.9. The van der Waals surface area contributed by atoms with Crippen molar-refractivity contribution in [2.24, 2.45) is 0 Å². The molecule has 0 spiro atoms. The second kappa shape index (κ2) is 5.51. The van der Waals surface area contributed by atoms with E-state index in [0.717, 1.165) is 31.8 Å². The van der Waals surface area contributed by atoms with E-state index in [1.807, 2.05) is 0 Å². The van der Waals surface area contributed by atoms with Crippen LogP contribution in [0, 0.1) is 0 Å². The van der Waals surface area contributed by atoms with Crippen molar-refractivity contribution in [2.75, 3.05) is 40.8 Å². The Bertz CT molecular complexity index is 446. The van der Waals surface area contributed by atoms with Gasteiger partial charge in [-0.25, -0.2) is 0 Å². The maximum atomic E-state index is 5.44. The molecular weight excluding hydrogens is 236 g/mol. The number of rotatable bonds is 3. The Morgan fingerprint density at radius 2 is 2.00 bits per heavy atom. The van der Waals surface area contributed by atoms with E-state index in [1.54, 1.807) is 7.11 Å². The SMILES string of the molecule is CCc1cc(C2(C)CN(C)CCN2C)ccc1OC. The van der Waals surface area contributed by atoms with Gasteiger partial charge in [-0.05, 0) is 44.6 Å². The number of likely N-dealkylation sites (N-methyl/N-ethyl adjacent to an activating group) is 2. The molecule has 106 valence electrons. The lowest BCUT2D eigenvalue weighted by Gasteiger charge is -2.47. The molecule has 0 radical (unpaired) electrons. The Hall–Kier alpha value is -1.06. The summed E-state index contributed by atoms with van der Waals surface area (Å²) in [5.41, 5.74) is 2.77. The molecule has 1 aliphatic rings. The van der Waals surface area contributed by atoms with E-state index in [9.17, 15) is 0 Å². The molecule has 1 aromatic carbocycles. The fourth-order valence-corrected chi connectivity index (χ4v) is 2.99. The van der Waals surface area contributed by atoms with E-state index >= 15 is 0 Å². The summed E-state index contributed by atoms with van der Waals surface area (Å²) in [6.45, 7) is 7.84. The van der Waals surface area contributed by atoms with Gasteiger partial charge in [0.2, 0.25) is 0 Å². The van der Waals surface area contributed by atoms with Crippen molar-refractivity contribution in [3.8, 4) is 5.75 Å². The Labute approximate surface area is 117 Å². The largest absolute Gasteiger partial charge is 0.496 e. The first-order valence-electron chi connectivity index (χ1n) is 7.08. The van der Waals surface area contributed by atoms with Crippen LogP contribution in [0.5, 0.6) is 5.75 Å². The van der Waals surface area contributed by atoms with Gasteiger partial charge in [0.15, 0.2) is 0 Å². The van der Waals surface area contributed by atoms with Crippen LogP contribution in [0.15, 0.2) is 18.2 Å². The van der Waals surface area contributed by atoms with Crippen LogP contribution in [0.3, 0.4) is 0 Å². The molecule has 1 aliphatic heterocycles. The molecule has 1 aromatic rings. The molecule has 0 bridgehead atoms. The van der Waals surface area contributed by atoms with Crippen molar-refractivity contribution in [1.82, 2.24) is 9.80 Å². The summed E-state index contributed by atoms with van der Waals surface area (Å²) in [7, 11) is 6.18. The van der Waals surface area contributed by atoms with Gasteiger partial charge in [0.1, 0.15) is 5.75 Å². The Morgan fingerprint density at radius 3 is 2.63 bits per heavy atom. The average molecular weight is 262 g/mol. The Kier molecular flexibility index (Phi) is 4.16. The second-order valence-electron chi connectivity index (χ2n) is 5.81. The smallest absolute Gasteiger partial charge is 0.122 e.